The minimum atomic E-state index is -0.510. The highest BCUT2D eigenvalue weighted by Gasteiger charge is 2.31. The van der Waals surface area contributed by atoms with E-state index in [9.17, 15) is 10.1 Å². The van der Waals surface area contributed by atoms with Crippen molar-refractivity contribution in [2.45, 2.75) is 19.8 Å². The number of nitriles is 1. The number of carbonyl (C=O) groups is 1. The molecule has 7 nitrogen and oxygen atoms in total. The van der Waals surface area contributed by atoms with Crippen molar-refractivity contribution in [3.05, 3.63) is 94.9 Å². The molecule has 0 fully saturated rings. The van der Waals surface area contributed by atoms with Crippen molar-refractivity contribution in [1.82, 2.24) is 0 Å². The van der Waals surface area contributed by atoms with Crippen molar-refractivity contribution >= 4 is 5.97 Å². The van der Waals surface area contributed by atoms with E-state index < -0.39 is 11.9 Å². The number of hydrogen-bond donors (Lipinski definition) is 1. The molecule has 0 spiro atoms. The summed E-state index contributed by atoms with van der Waals surface area (Å²) in [5.74, 6) is 1.61. The number of hydrogen-bond acceptors (Lipinski definition) is 7. The lowest BCUT2D eigenvalue weighted by molar-refractivity contribution is 0.0734. The number of rotatable bonds is 7. The smallest absolute Gasteiger partial charge is 0.343 e. The first-order chi connectivity index (χ1) is 16.9. The molecule has 0 saturated heterocycles. The van der Waals surface area contributed by atoms with Gasteiger partial charge in [0.25, 0.3) is 0 Å². The second kappa shape index (κ2) is 10.2. The number of nitrogens with zero attached hydrogens (tertiary/aromatic N) is 1. The quantitative estimate of drug-likeness (QED) is 0.375. The van der Waals surface area contributed by atoms with Crippen LogP contribution in [0.1, 0.15) is 41.3 Å². The predicted molar refractivity (Wildman–Crippen MR) is 130 cm³/mol. The van der Waals surface area contributed by atoms with Gasteiger partial charge in [-0.2, -0.15) is 5.26 Å². The van der Waals surface area contributed by atoms with Crippen LogP contribution in [0.25, 0.3) is 0 Å². The third-order valence-electron chi connectivity index (χ3n) is 5.52. The van der Waals surface area contributed by atoms with Crippen molar-refractivity contribution in [2.75, 3.05) is 13.7 Å². The van der Waals surface area contributed by atoms with Gasteiger partial charge >= 0.3 is 5.97 Å². The average Bonchev–Trinajstić information content (AvgIpc) is 2.87. The molecule has 0 aromatic heterocycles. The molecule has 3 aromatic carbocycles. The molecule has 7 heteroatoms. The van der Waals surface area contributed by atoms with E-state index in [1.54, 1.807) is 49.6 Å². The van der Waals surface area contributed by atoms with Gasteiger partial charge in [-0.25, -0.2) is 4.79 Å². The van der Waals surface area contributed by atoms with Crippen LogP contribution in [0.2, 0.25) is 0 Å². The lowest BCUT2D eigenvalue weighted by Crippen LogP contribution is -2.21. The Kier molecular flexibility index (Phi) is 6.93. The summed E-state index contributed by atoms with van der Waals surface area (Å²) in [7, 11) is 1.59. The van der Waals surface area contributed by atoms with E-state index in [1.165, 1.54) is 0 Å². The summed E-state index contributed by atoms with van der Waals surface area (Å²) in [6, 6.07) is 21.4. The molecule has 1 heterocycles. The summed E-state index contributed by atoms with van der Waals surface area (Å²) < 4.78 is 22.2. The van der Waals surface area contributed by atoms with E-state index in [2.05, 4.69) is 19.9 Å². The van der Waals surface area contributed by atoms with Crippen LogP contribution in [0.5, 0.6) is 23.0 Å². The van der Waals surface area contributed by atoms with E-state index in [4.69, 9.17) is 24.7 Å². The van der Waals surface area contributed by atoms with Gasteiger partial charge in [0.15, 0.2) is 0 Å². The van der Waals surface area contributed by atoms with E-state index in [0.29, 0.717) is 46.7 Å². The highest BCUT2D eigenvalue weighted by molar-refractivity contribution is 5.91. The van der Waals surface area contributed by atoms with Crippen LogP contribution in [0.4, 0.5) is 0 Å². The SMILES string of the molecule is COc1ccc(C2C(C#N)=C(N)Oc3cc(OC(=O)c4ccc(OCC(C)C)cc4)ccc32)cc1. The number of benzene rings is 3. The van der Waals surface area contributed by atoms with Gasteiger partial charge in [0, 0.05) is 11.6 Å². The van der Waals surface area contributed by atoms with Crippen molar-refractivity contribution in [2.24, 2.45) is 11.7 Å². The number of ether oxygens (including phenoxy) is 4. The van der Waals surface area contributed by atoms with Crippen LogP contribution in [0.3, 0.4) is 0 Å². The predicted octanol–water partition coefficient (Wildman–Crippen LogP) is 5.17. The van der Waals surface area contributed by atoms with Crippen LogP contribution in [-0.2, 0) is 0 Å². The largest absolute Gasteiger partial charge is 0.497 e. The third kappa shape index (κ3) is 5.22. The number of methoxy groups -OCH3 is 1. The Hall–Kier alpha value is -4.44. The summed E-state index contributed by atoms with van der Waals surface area (Å²) in [5.41, 5.74) is 8.39. The first kappa shape index (κ1) is 23.7. The Morgan fingerprint density at radius 3 is 2.31 bits per heavy atom. The zero-order valence-corrected chi connectivity index (χ0v) is 19.8. The molecule has 2 N–H and O–H groups in total. The summed E-state index contributed by atoms with van der Waals surface area (Å²) in [6.45, 7) is 4.73. The minimum absolute atomic E-state index is 0.0151. The normalized spacial score (nSPS) is 14.5. The Bertz CT molecular complexity index is 1290. The van der Waals surface area contributed by atoms with Crippen molar-refractivity contribution in [3.63, 3.8) is 0 Å². The van der Waals surface area contributed by atoms with Gasteiger partial charge in [-0.3, -0.25) is 0 Å². The third-order valence-corrected chi connectivity index (χ3v) is 5.52. The maximum atomic E-state index is 12.7. The molecular formula is C28H26N2O5. The zero-order chi connectivity index (χ0) is 24.9. The number of carbonyl (C=O) groups excluding carboxylic acids is 1. The van der Waals surface area contributed by atoms with Gasteiger partial charge in [0.2, 0.25) is 5.88 Å². The van der Waals surface area contributed by atoms with E-state index in [1.807, 2.05) is 24.3 Å². The number of nitrogens with two attached hydrogens (primary N) is 1. The molecule has 1 atom stereocenters. The second-order valence-electron chi connectivity index (χ2n) is 8.52. The summed E-state index contributed by atoms with van der Waals surface area (Å²) in [4.78, 5) is 12.7. The fourth-order valence-corrected chi connectivity index (χ4v) is 3.75. The Morgan fingerprint density at radius 1 is 1.03 bits per heavy atom. The fourth-order valence-electron chi connectivity index (χ4n) is 3.75. The monoisotopic (exact) mass is 470 g/mol. The van der Waals surface area contributed by atoms with E-state index >= 15 is 0 Å². The Morgan fingerprint density at radius 2 is 1.69 bits per heavy atom. The lowest BCUT2D eigenvalue weighted by atomic mass is 9.83. The average molecular weight is 471 g/mol. The van der Waals surface area contributed by atoms with Crippen LogP contribution >= 0.6 is 0 Å². The molecule has 1 unspecified atom stereocenters. The van der Waals surface area contributed by atoms with Crippen LogP contribution in [-0.4, -0.2) is 19.7 Å². The zero-order valence-electron chi connectivity index (χ0n) is 19.8. The highest BCUT2D eigenvalue weighted by Crippen LogP contribution is 2.43. The molecule has 3 aromatic rings. The summed E-state index contributed by atoms with van der Waals surface area (Å²) >= 11 is 0. The first-order valence-electron chi connectivity index (χ1n) is 11.2. The highest BCUT2D eigenvalue weighted by atomic mass is 16.5. The number of fused-ring (bicyclic) bond motifs is 1. The van der Waals surface area contributed by atoms with Gasteiger partial charge in [0.1, 0.15) is 34.6 Å². The molecule has 178 valence electrons. The molecule has 0 bridgehead atoms. The second-order valence-corrected chi connectivity index (χ2v) is 8.52. The lowest BCUT2D eigenvalue weighted by Gasteiger charge is -2.26. The molecular weight excluding hydrogens is 444 g/mol. The van der Waals surface area contributed by atoms with Crippen LogP contribution in [0.15, 0.2) is 78.2 Å². The standard InChI is InChI=1S/C28H26N2O5/c1-17(2)16-33-21-10-6-19(7-11-21)28(31)34-22-12-13-23-25(14-22)35-27(30)24(15-29)26(23)18-4-8-20(32-3)9-5-18/h4-14,17,26H,16,30H2,1-3H3. The Balaban J connectivity index is 1.56. The summed E-state index contributed by atoms with van der Waals surface area (Å²) in [6.07, 6.45) is 0. The first-order valence-corrected chi connectivity index (χ1v) is 11.2. The Labute approximate surface area is 204 Å². The molecule has 0 radical (unpaired) electrons. The molecule has 4 rings (SSSR count). The molecule has 1 aliphatic heterocycles. The number of esters is 1. The van der Waals surface area contributed by atoms with Gasteiger partial charge in [-0.15, -0.1) is 0 Å². The van der Waals surface area contributed by atoms with Gasteiger partial charge in [-0.1, -0.05) is 32.0 Å². The molecule has 0 aliphatic carbocycles. The topological polar surface area (TPSA) is 104 Å². The van der Waals surface area contributed by atoms with E-state index in [-0.39, 0.29) is 5.88 Å². The maximum Gasteiger partial charge on any atom is 0.343 e. The van der Waals surface area contributed by atoms with Gasteiger partial charge in [-0.05, 0) is 53.9 Å². The van der Waals surface area contributed by atoms with E-state index in [0.717, 1.165) is 11.1 Å². The molecule has 1 aliphatic rings. The fraction of sp³-hybridized carbons (Fsp3) is 0.214. The molecule has 0 saturated carbocycles. The number of allylic oxidation sites excluding steroid dienone is 1. The van der Waals surface area contributed by atoms with Crippen LogP contribution in [0, 0.1) is 17.2 Å². The molecule has 35 heavy (non-hydrogen) atoms. The summed E-state index contributed by atoms with van der Waals surface area (Å²) in [5, 5.41) is 9.73. The minimum Gasteiger partial charge on any atom is -0.497 e. The molecule has 0 amide bonds. The van der Waals surface area contributed by atoms with Crippen molar-refractivity contribution in [1.29, 1.82) is 5.26 Å². The van der Waals surface area contributed by atoms with Crippen molar-refractivity contribution in [3.8, 4) is 29.1 Å². The van der Waals surface area contributed by atoms with Gasteiger partial charge in [0.05, 0.1) is 25.2 Å². The van der Waals surface area contributed by atoms with Crippen molar-refractivity contribution < 1.29 is 23.7 Å². The van der Waals surface area contributed by atoms with Gasteiger partial charge < -0.3 is 24.7 Å². The van der Waals surface area contributed by atoms with Crippen LogP contribution < -0.4 is 24.7 Å². The maximum absolute atomic E-state index is 12.7.